The molecule has 9 heteroatoms. The summed E-state index contributed by atoms with van der Waals surface area (Å²) in [7, 11) is 0. The van der Waals surface area contributed by atoms with Crippen LogP contribution >= 0.6 is 0 Å². The van der Waals surface area contributed by atoms with Crippen LogP contribution in [-0.2, 0) is 4.79 Å². The van der Waals surface area contributed by atoms with Crippen LogP contribution in [0.2, 0.25) is 0 Å². The molecule has 0 spiro atoms. The Morgan fingerprint density at radius 1 is 1.24 bits per heavy atom. The zero-order chi connectivity index (χ0) is 20.6. The molecule has 1 aliphatic heterocycles. The molecule has 0 bridgehead atoms. The van der Waals surface area contributed by atoms with E-state index in [9.17, 15) is 15.0 Å². The number of aliphatic carboxylic acids is 1. The fourth-order valence-electron chi connectivity index (χ4n) is 3.65. The number of aromatic nitrogens is 4. The number of rotatable bonds is 5. The van der Waals surface area contributed by atoms with Crippen molar-refractivity contribution in [3.63, 3.8) is 0 Å². The Morgan fingerprint density at radius 2 is 2.00 bits per heavy atom. The van der Waals surface area contributed by atoms with Crippen molar-refractivity contribution in [2.45, 2.75) is 31.6 Å². The maximum Gasteiger partial charge on any atom is 0.323 e. The molecular weight excluding hydrogens is 374 g/mol. The number of nitrogens with one attached hydrogen (secondary N) is 1. The number of benzene rings is 2. The number of tetrazole rings is 1. The van der Waals surface area contributed by atoms with Crippen molar-refractivity contribution in [1.82, 2.24) is 20.6 Å². The van der Waals surface area contributed by atoms with Gasteiger partial charge in [-0.1, -0.05) is 18.2 Å². The molecule has 150 valence electrons. The zero-order valence-corrected chi connectivity index (χ0v) is 16.0. The molecule has 9 nitrogen and oxygen atoms in total. The van der Waals surface area contributed by atoms with E-state index in [-0.39, 0.29) is 6.54 Å². The average molecular weight is 395 g/mol. The predicted octanol–water partition coefficient (Wildman–Crippen LogP) is 2.03. The fourth-order valence-corrected chi connectivity index (χ4v) is 3.65. The second kappa shape index (κ2) is 7.17. The summed E-state index contributed by atoms with van der Waals surface area (Å²) in [6, 6.07) is 13.9. The second-order valence-electron chi connectivity index (χ2n) is 7.45. The van der Waals surface area contributed by atoms with Gasteiger partial charge in [0.25, 0.3) is 0 Å². The summed E-state index contributed by atoms with van der Waals surface area (Å²) in [5.41, 5.74) is 1.14. The van der Waals surface area contributed by atoms with Gasteiger partial charge >= 0.3 is 5.97 Å². The van der Waals surface area contributed by atoms with Crippen LogP contribution in [0.4, 0.5) is 5.69 Å². The van der Waals surface area contributed by atoms with Gasteiger partial charge in [-0.05, 0) is 54.6 Å². The molecule has 0 aliphatic carbocycles. The third-order valence-corrected chi connectivity index (χ3v) is 5.06. The monoisotopic (exact) mass is 395 g/mol. The van der Waals surface area contributed by atoms with Gasteiger partial charge in [-0.25, -0.2) is 5.10 Å². The molecule has 2 aromatic carbocycles. The van der Waals surface area contributed by atoms with Gasteiger partial charge in [-0.2, -0.15) is 0 Å². The molecule has 29 heavy (non-hydrogen) atoms. The van der Waals surface area contributed by atoms with Gasteiger partial charge in [0.15, 0.2) is 5.82 Å². The highest BCUT2D eigenvalue weighted by atomic mass is 16.5. The first-order valence-corrected chi connectivity index (χ1v) is 9.15. The van der Waals surface area contributed by atoms with E-state index >= 15 is 0 Å². The number of hydrogen-bond acceptors (Lipinski definition) is 7. The number of aliphatic hydroxyl groups is 1. The first-order chi connectivity index (χ1) is 13.9. The summed E-state index contributed by atoms with van der Waals surface area (Å²) in [6.07, 6.45) is -0.988. The van der Waals surface area contributed by atoms with E-state index in [1.165, 1.54) is 0 Å². The first-order valence-electron chi connectivity index (χ1n) is 9.15. The molecule has 0 saturated heterocycles. The second-order valence-corrected chi connectivity index (χ2v) is 7.45. The third-order valence-electron chi connectivity index (χ3n) is 5.06. The minimum Gasteiger partial charge on any atom is -0.485 e. The predicted molar refractivity (Wildman–Crippen MR) is 104 cm³/mol. The van der Waals surface area contributed by atoms with Gasteiger partial charge in [0, 0.05) is 16.8 Å². The number of anilines is 1. The van der Waals surface area contributed by atoms with Crippen LogP contribution in [0, 0.1) is 0 Å². The molecule has 1 aromatic heterocycles. The van der Waals surface area contributed by atoms with Crippen LogP contribution in [0.15, 0.2) is 48.5 Å². The van der Waals surface area contributed by atoms with Crippen molar-refractivity contribution >= 4 is 11.7 Å². The number of para-hydroxylation sites is 1. The molecule has 0 amide bonds. The molecule has 3 N–H and O–H groups in total. The lowest BCUT2D eigenvalue weighted by molar-refractivity contribution is -0.135. The molecular formula is C20H21N5O4. The summed E-state index contributed by atoms with van der Waals surface area (Å²) in [6.45, 7) is 3.28. The summed E-state index contributed by atoms with van der Waals surface area (Å²) in [5.74, 6) is 0.0469. The first kappa shape index (κ1) is 18.9. The lowest BCUT2D eigenvalue weighted by atomic mass is 9.84. The number of aliphatic hydroxyl groups excluding tert-OH is 1. The van der Waals surface area contributed by atoms with E-state index in [2.05, 4.69) is 20.6 Å². The Balaban J connectivity index is 1.88. The SMILES string of the molecule is CC1(C)Oc2ccc(-c3nnn[nH]3)cc2[C@H](N(CC(=O)O)c2ccccc2)[C@H]1O. The minimum absolute atomic E-state index is 0.282. The van der Waals surface area contributed by atoms with Crippen molar-refractivity contribution in [2.75, 3.05) is 11.4 Å². The topological polar surface area (TPSA) is 124 Å². The molecule has 0 saturated carbocycles. The molecule has 4 rings (SSSR count). The van der Waals surface area contributed by atoms with Crippen molar-refractivity contribution in [3.05, 3.63) is 54.1 Å². The average Bonchev–Trinajstić information content (AvgIpc) is 3.22. The summed E-state index contributed by atoms with van der Waals surface area (Å²) >= 11 is 0. The van der Waals surface area contributed by atoms with Gasteiger partial charge in [-0.15, -0.1) is 5.10 Å². The maximum absolute atomic E-state index is 11.7. The molecule has 2 atom stereocenters. The van der Waals surface area contributed by atoms with Crippen LogP contribution in [-0.4, -0.2) is 55.1 Å². The summed E-state index contributed by atoms with van der Waals surface area (Å²) in [5, 5.41) is 34.6. The molecule has 0 radical (unpaired) electrons. The van der Waals surface area contributed by atoms with E-state index in [1.54, 1.807) is 24.8 Å². The van der Waals surface area contributed by atoms with E-state index < -0.39 is 23.7 Å². The van der Waals surface area contributed by atoms with Gasteiger partial charge in [0.05, 0.1) is 6.04 Å². The van der Waals surface area contributed by atoms with Gasteiger partial charge in [0.2, 0.25) is 0 Å². The number of carboxylic acids is 1. The number of carboxylic acid groups (broad SMARTS) is 1. The highest BCUT2D eigenvalue weighted by Gasteiger charge is 2.46. The Morgan fingerprint density at radius 3 is 2.66 bits per heavy atom. The third kappa shape index (κ3) is 3.52. The van der Waals surface area contributed by atoms with E-state index in [1.807, 2.05) is 42.5 Å². The fraction of sp³-hybridized carbons (Fsp3) is 0.300. The standard InChI is InChI=1S/C20H21N5O4/c1-20(2)18(28)17(25(11-16(26)27)13-6-4-3-5-7-13)14-10-12(8-9-15(14)29-20)19-21-23-24-22-19/h3-10,17-18,28H,11H2,1-2H3,(H,26,27)(H,21,22,23,24)/t17-,18+/m0/s1. The number of ether oxygens (including phenoxy) is 1. The van der Waals surface area contributed by atoms with Crippen LogP contribution in [0.25, 0.3) is 11.4 Å². The number of carbonyl (C=O) groups is 1. The largest absolute Gasteiger partial charge is 0.485 e. The smallest absolute Gasteiger partial charge is 0.323 e. The molecule has 0 unspecified atom stereocenters. The van der Waals surface area contributed by atoms with E-state index in [0.717, 1.165) is 0 Å². The number of fused-ring (bicyclic) bond motifs is 1. The molecule has 0 fully saturated rings. The van der Waals surface area contributed by atoms with Crippen molar-refractivity contribution < 1.29 is 19.7 Å². The number of nitrogens with zero attached hydrogens (tertiary/aromatic N) is 4. The van der Waals surface area contributed by atoms with Crippen LogP contribution in [0.1, 0.15) is 25.5 Å². The van der Waals surface area contributed by atoms with Crippen LogP contribution in [0.3, 0.4) is 0 Å². The number of aromatic amines is 1. The summed E-state index contributed by atoms with van der Waals surface area (Å²) < 4.78 is 6.04. The summed E-state index contributed by atoms with van der Waals surface area (Å²) in [4.78, 5) is 13.4. The zero-order valence-electron chi connectivity index (χ0n) is 16.0. The Bertz CT molecular complexity index is 1010. The lowest BCUT2D eigenvalue weighted by Gasteiger charge is -2.46. The highest BCUT2D eigenvalue weighted by molar-refractivity contribution is 5.75. The molecule has 1 aliphatic rings. The molecule has 2 heterocycles. The molecule has 3 aromatic rings. The Labute approximate surface area is 166 Å². The van der Waals surface area contributed by atoms with Crippen molar-refractivity contribution in [2.24, 2.45) is 0 Å². The quantitative estimate of drug-likeness (QED) is 0.599. The highest BCUT2D eigenvalue weighted by Crippen LogP contribution is 2.45. The minimum atomic E-state index is -0.998. The lowest BCUT2D eigenvalue weighted by Crippen LogP contribution is -2.54. The van der Waals surface area contributed by atoms with Gasteiger partial charge in [-0.3, -0.25) is 4.79 Å². The number of H-pyrrole nitrogens is 1. The maximum atomic E-state index is 11.7. The van der Waals surface area contributed by atoms with E-state index in [0.29, 0.717) is 28.4 Å². The van der Waals surface area contributed by atoms with Crippen LogP contribution in [0.5, 0.6) is 5.75 Å². The Hall–Kier alpha value is -3.46. The number of hydrogen-bond donors (Lipinski definition) is 3. The van der Waals surface area contributed by atoms with Gasteiger partial charge < -0.3 is 19.8 Å². The van der Waals surface area contributed by atoms with Gasteiger partial charge in [0.1, 0.15) is 24.0 Å². The van der Waals surface area contributed by atoms with E-state index in [4.69, 9.17) is 4.74 Å². The van der Waals surface area contributed by atoms with Crippen molar-refractivity contribution in [1.29, 1.82) is 0 Å². The normalized spacial score (nSPS) is 19.8. The Kier molecular flexibility index (Phi) is 4.67. The van der Waals surface area contributed by atoms with Crippen molar-refractivity contribution in [3.8, 4) is 17.1 Å². The van der Waals surface area contributed by atoms with Crippen LogP contribution < -0.4 is 9.64 Å².